The van der Waals surface area contributed by atoms with E-state index in [1.807, 2.05) is 0 Å². The highest BCUT2D eigenvalue weighted by molar-refractivity contribution is 5.95. The Kier molecular flexibility index (Phi) is 6.64. The Hall–Kier alpha value is -2.12. The molecule has 1 saturated carbocycles. The van der Waals surface area contributed by atoms with Crippen LogP contribution in [-0.2, 0) is 19.1 Å². The molecule has 1 rings (SSSR count). The van der Waals surface area contributed by atoms with Gasteiger partial charge in [-0.3, -0.25) is 19.7 Å². The lowest BCUT2D eigenvalue weighted by Crippen LogP contribution is -2.46. The van der Waals surface area contributed by atoms with Gasteiger partial charge in [-0.05, 0) is 26.2 Å². The Balaban J connectivity index is 2.40. The summed E-state index contributed by atoms with van der Waals surface area (Å²) in [6.07, 6.45) is 1.57. The number of urea groups is 1. The summed E-state index contributed by atoms with van der Waals surface area (Å²) in [5, 5.41) is 10.6. The Morgan fingerprint density at radius 2 is 1.90 bits per heavy atom. The van der Waals surface area contributed by atoms with Crippen molar-refractivity contribution in [1.29, 1.82) is 0 Å². The largest absolute Gasteiger partial charge is 0.481 e. The molecule has 0 aromatic heterocycles. The molecular formula is C13H20N2O6. The second-order valence-electron chi connectivity index (χ2n) is 4.76. The van der Waals surface area contributed by atoms with E-state index in [0.717, 1.165) is 12.8 Å². The fourth-order valence-corrected chi connectivity index (χ4v) is 1.75. The first kappa shape index (κ1) is 16.9. The number of amides is 3. The van der Waals surface area contributed by atoms with Gasteiger partial charge in [-0.15, -0.1) is 0 Å². The van der Waals surface area contributed by atoms with Crippen molar-refractivity contribution in [1.82, 2.24) is 10.2 Å². The molecule has 8 heteroatoms. The highest BCUT2D eigenvalue weighted by Crippen LogP contribution is 2.26. The summed E-state index contributed by atoms with van der Waals surface area (Å²) < 4.78 is 4.79. The predicted molar refractivity (Wildman–Crippen MR) is 71.4 cm³/mol. The van der Waals surface area contributed by atoms with E-state index in [1.54, 1.807) is 6.92 Å². The maximum Gasteiger partial charge on any atom is 0.325 e. The molecule has 1 aliphatic carbocycles. The normalized spacial score (nSPS) is 13.4. The molecule has 0 saturated heterocycles. The SMILES string of the molecule is CCOC(=O)CN(C(=O)NC(=O)CCCC(=O)O)C1CC1. The van der Waals surface area contributed by atoms with Crippen molar-refractivity contribution in [2.75, 3.05) is 13.2 Å². The molecule has 1 fully saturated rings. The van der Waals surface area contributed by atoms with E-state index in [0.29, 0.717) is 0 Å². The van der Waals surface area contributed by atoms with Crippen LogP contribution in [0.4, 0.5) is 4.79 Å². The number of hydrogen-bond acceptors (Lipinski definition) is 5. The van der Waals surface area contributed by atoms with Crippen molar-refractivity contribution < 1.29 is 29.0 Å². The first-order valence-electron chi connectivity index (χ1n) is 6.92. The van der Waals surface area contributed by atoms with Gasteiger partial charge in [0.1, 0.15) is 6.54 Å². The summed E-state index contributed by atoms with van der Waals surface area (Å²) in [7, 11) is 0. The molecule has 0 bridgehead atoms. The van der Waals surface area contributed by atoms with E-state index in [-0.39, 0.29) is 38.5 Å². The lowest BCUT2D eigenvalue weighted by molar-refractivity contribution is -0.144. The number of carbonyl (C=O) groups is 4. The van der Waals surface area contributed by atoms with Crippen LogP contribution in [0.2, 0.25) is 0 Å². The van der Waals surface area contributed by atoms with Crippen molar-refractivity contribution in [2.24, 2.45) is 0 Å². The van der Waals surface area contributed by atoms with Gasteiger partial charge in [-0.25, -0.2) is 4.79 Å². The average Bonchev–Trinajstić information content (AvgIpc) is 3.19. The van der Waals surface area contributed by atoms with E-state index in [4.69, 9.17) is 9.84 Å². The first-order chi connectivity index (χ1) is 9.93. The number of imide groups is 1. The van der Waals surface area contributed by atoms with Gasteiger partial charge in [-0.1, -0.05) is 0 Å². The first-order valence-corrected chi connectivity index (χ1v) is 6.92. The number of hydrogen-bond donors (Lipinski definition) is 2. The van der Waals surface area contributed by atoms with Crippen LogP contribution in [0, 0.1) is 0 Å². The Morgan fingerprint density at radius 1 is 1.24 bits per heavy atom. The quantitative estimate of drug-likeness (QED) is 0.631. The summed E-state index contributed by atoms with van der Waals surface area (Å²) in [5.41, 5.74) is 0. The van der Waals surface area contributed by atoms with E-state index in [1.165, 1.54) is 4.90 Å². The number of nitrogens with one attached hydrogen (secondary N) is 1. The van der Waals surface area contributed by atoms with Crippen molar-refractivity contribution >= 4 is 23.9 Å². The van der Waals surface area contributed by atoms with Gasteiger partial charge >= 0.3 is 18.0 Å². The number of rotatable bonds is 8. The van der Waals surface area contributed by atoms with Gasteiger partial charge in [0, 0.05) is 18.9 Å². The van der Waals surface area contributed by atoms with Crippen LogP contribution in [0.1, 0.15) is 39.0 Å². The highest BCUT2D eigenvalue weighted by Gasteiger charge is 2.34. The Morgan fingerprint density at radius 3 is 2.43 bits per heavy atom. The van der Waals surface area contributed by atoms with Gasteiger partial charge in [-0.2, -0.15) is 0 Å². The molecule has 0 aromatic carbocycles. The second-order valence-corrected chi connectivity index (χ2v) is 4.76. The zero-order valence-electron chi connectivity index (χ0n) is 12.0. The molecule has 3 amide bonds. The van der Waals surface area contributed by atoms with Crippen LogP contribution in [-0.4, -0.2) is 53.1 Å². The molecule has 0 aliphatic heterocycles. The molecule has 2 N–H and O–H groups in total. The maximum absolute atomic E-state index is 11.9. The third-order valence-electron chi connectivity index (χ3n) is 2.89. The smallest absolute Gasteiger partial charge is 0.325 e. The highest BCUT2D eigenvalue weighted by atomic mass is 16.5. The molecule has 0 heterocycles. The van der Waals surface area contributed by atoms with E-state index in [9.17, 15) is 19.2 Å². The molecule has 21 heavy (non-hydrogen) atoms. The van der Waals surface area contributed by atoms with Crippen molar-refractivity contribution in [2.45, 2.75) is 45.1 Å². The van der Waals surface area contributed by atoms with E-state index in [2.05, 4.69) is 5.32 Å². The number of carboxylic acid groups (broad SMARTS) is 1. The summed E-state index contributed by atoms with van der Waals surface area (Å²) in [6.45, 7) is 1.71. The number of ether oxygens (including phenoxy) is 1. The lowest BCUT2D eigenvalue weighted by atomic mass is 10.2. The average molecular weight is 300 g/mol. The topological polar surface area (TPSA) is 113 Å². The molecule has 0 radical (unpaired) electrons. The van der Waals surface area contributed by atoms with Crippen LogP contribution >= 0.6 is 0 Å². The standard InChI is InChI=1S/C13H20N2O6/c1-2-21-12(19)8-15(9-6-7-9)13(20)14-10(16)4-3-5-11(17)18/h9H,2-8H2,1H3,(H,17,18)(H,14,16,20). The van der Waals surface area contributed by atoms with Gasteiger partial charge in [0.15, 0.2) is 0 Å². The minimum absolute atomic E-state index is 0.0405. The fourth-order valence-electron chi connectivity index (χ4n) is 1.75. The number of nitrogens with zero attached hydrogens (tertiary/aromatic N) is 1. The zero-order valence-corrected chi connectivity index (χ0v) is 12.0. The van der Waals surface area contributed by atoms with Gasteiger partial charge in [0.25, 0.3) is 0 Å². The number of carboxylic acids is 1. The molecule has 0 atom stereocenters. The summed E-state index contributed by atoms with van der Waals surface area (Å²) in [6, 6.07) is -0.674. The van der Waals surface area contributed by atoms with Crippen molar-refractivity contribution in [3.05, 3.63) is 0 Å². The zero-order chi connectivity index (χ0) is 15.8. The van der Waals surface area contributed by atoms with Crippen LogP contribution in [0.3, 0.4) is 0 Å². The Labute approximate surface area is 122 Å². The van der Waals surface area contributed by atoms with E-state index < -0.39 is 23.9 Å². The lowest BCUT2D eigenvalue weighted by Gasteiger charge is -2.21. The minimum atomic E-state index is -0.990. The number of aliphatic carboxylic acids is 1. The van der Waals surface area contributed by atoms with E-state index >= 15 is 0 Å². The fraction of sp³-hybridized carbons (Fsp3) is 0.692. The molecule has 118 valence electrons. The summed E-state index contributed by atoms with van der Waals surface area (Å²) in [5.74, 6) is -2.05. The maximum atomic E-state index is 11.9. The Bertz CT molecular complexity index is 419. The van der Waals surface area contributed by atoms with Gasteiger partial charge in [0.05, 0.1) is 6.61 Å². The molecule has 0 aromatic rings. The van der Waals surface area contributed by atoms with Crippen LogP contribution in [0.5, 0.6) is 0 Å². The molecule has 1 aliphatic rings. The summed E-state index contributed by atoms with van der Waals surface area (Å²) in [4.78, 5) is 46.5. The molecule has 0 spiro atoms. The molecule has 8 nitrogen and oxygen atoms in total. The summed E-state index contributed by atoms with van der Waals surface area (Å²) >= 11 is 0. The molecular weight excluding hydrogens is 280 g/mol. The van der Waals surface area contributed by atoms with Crippen molar-refractivity contribution in [3.8, 4) is 0 Å². The third-order valence-corrected chi connectivity index (χ3v) is 2.89. The van der Waals surface area contributed by atoms with Crippen LogP contribution in [0.25, 0.3) is 0 Å². The monoisotopic (exact) mass is 300 g/mol. The predicted octanol–water partition coefficient (Wildman–Crippen LogP) is 0.505. The van der Waals surface area contributed by atoms with Crippen LogP contribution in [0.15, 0.2) is 0 Å². The second kappa shape index (κ2) is 8.23. The number of carbonyl (C=O) groups excluding carboxylic acids is 3. The number of esters is 1. The van der Waals surface area contributed by atoms with Gasteiger partial charge < -0.3 is 14.7 Å². The van der Waals surface area contributed by atoms with Gasteiger partial charge in [0.2, 0.25) is 5.91 Å². The third kappa shape index (κ3) is 6.73. The minimum Gasteiger partial charge on any atom is -0.481 e. The molecule has 0 unspecified atom stereocenters. The van der Waals surface area contributed by atoms with Crippen molar-refractivity contribution in [3.63, 3.8) is 0 Å². The van der Waals surface area contributed by atoms with Crippen LogP contribution < -0.4 is 5.32 Å².